The summed E-state index contributed by atoms with van der Waals surface area (Å²) in [6, 6.07) is 5.91. The maximum Gasteiger partial charge on any atom is 0.263 e. The average Bonchev–Trinajstić information content (AvgIpc) is 2.98. The first-order valence-corrected chi connectivity index (χ1v) is 9.66. The molecule has 5 nitrogen and oxygen atoms in total. The van der Waals surface area contributed by atoms with Gasteiger partial charge in [-0.3, -0.25) is 14.2 Å². The van der Waals surface area contributed by atoms with Crippen molar-refractivity contribution in [1.29, 1.82) is 0 Å². The molecule has 3 rings (SSSR count). The molecule has 3 aromatic rings. The number of aryl methyl sites for hydroxylation is 4. The number of nitrogens with zero attached hydrogens (tertiary/aromatic N) is 1. The smallest absolute Gasteiger partial charge is 0.263 e. The van der Waals surface area contributed by atoms with Crippen molar-refractivity contribution in [1.82, 2.24) is 9.55 Å². The van der Waals surface area contributed by atoms with E-state index in [4.69, 9.17) is 12.2 Å². The van der Waals surface area contributed by atoms with Crippen molar-refractivity contribution in [2.45, 2.75) is 40.7 Å². The van der Waals surface area contributed by atoms with Crippen molar-refractivity contribution in [2.24, 2.45) is 0 Å². The number of aromatic nitrogens is 2. The van der Waals surface area contributed by atoms with Gasteiger partial charge in [-0.2, -0.15) is 0 Å². The number of H-pyrrole nitrogens is 1. The minimum atomic E-state index is -0.271. The number of rotatable bonds is 4. The molecule has 0 saturated carbocycles. The first kappa shape index (κ1) is 18.5. The van der Waals surface area contributed by atoms with Crippen LogP contribution in [-0.2, 0) is 17.8 Å². The average molecular weight is 388 g/mol. The number of anilines is 1. The second-order valence-corrected chi connectivity index (χ2v) is 7.98. The Labute approximate surface area is 160 Å². The summed E-state index contributed by atoms with van der Waals surface area (Å²) in [4.78, 5) is 30.2. The third kappa shape index (κ3) is 3.50. The van der Waals surface area contributed by atoms with Crippen LogP contribution in [0.15, 0.2) is 23.0 Å². The molecule has 0 aliphatic heterocycles. The summed E-state index contributed by atoms with van der Waals surface area (Å²) in [5.41, 5.74) is 3.69. The van der Waals surface area contributed by atoms with Gasteiger partial charge in [0.15, 0.2) is 4.77 Å². The maximum atomic E-state index is 12.7. The van der Waals surface area contributed by atoms with E-state index in [0.717, 1.165) is 38.5 Å². The summed E-state index contributed by atoms with van der Waals surface area (Å²) < 4.78 is 1.58. The van der Waals surface area contributed by atoms with Crippen LogP contribution in [0.4, 0.5) is 5.69 Å². The number of benzene rings is 1. The summed E-state index contributed by atoms with van der Waals surface area (Å²) >= 11 is 6.82. The van der Waals surface area contributed by atoms with Crippen molar-refractivity contribution >= 4 is 45.4 Å². The fraction of sp³-hybridized carbons (Fsp3) is 0.316. The largest absolute Gasteiger partial charge is 0.324 e. The number of fused-ring (bicyclic) bond motifs is 1. The number of amides is 1. The summed E-state index contributed by atoms with van der Waals surface area (Å²) in [5, 5.41) is 3.50. The van der Waals surface area contributed by atoms with Crippen molar-refractivity contribution in [3.8, 4) is 0 Å². The summed E-state index contributed by atoms with van der Waals surface area (Å²) in [5.74, 6) is -0.271. The molecule has 2 heterocycles. The normalized spacial score (nSPS) is 11.1. The number of hydrogen-bond acceptors (Lipinski definition) is 4. The Morgan fingerprint density at radius 2 is 1.88 bits per heavy atom. The van der Waals surface area contributed by atoms with Crippen LogP contribution >= 0.6 is 23.6 Å². The molecule has 2 N–H and O–H groups in total. The highest BCUT2D eigenvalue weighted by Crippen LogP contribution is 2.23. The van der Waals surface area contributed by atoms with E-state index in [0.29, 0.717) is 5.39 Å². The highest BCUT2D eigenvalue weighted by Gasteiger charge is 2.14. The molecule has 0 fully saturated rings. The monoisotopic (exact) mass is 387 g/mol. The SMILES string of the molecule is CCc1cc2c(=O)n(CC(=O)Nc3c(C)cc(C)cc3C)c(=S)[nH]c2s1. The van der Waals surface area contributed by atoms with Crippen LogP contribution in [0.3, 0.4) is 0 Å². The van der Waals surface area contributed by atoms with E-state index in [1.54, 1.807) is 0 Å². The molecule has 1 aromatic carbocycles. The van der Waals surface area contributed by atoms with Crippen molar-refractivity contribution in [3.63, 3.8) is 0 Å². The molecule has 0 bridgehead atoms. The van der Waals surface area contributed by atoms with Crippen LogP contribution in [0.5, 0.6) is 0 Å². The van der Waals surface area contributed by atoms with Gasteiger partial charge < -0.3 is 10.3 Å². The van der Waals surface area contributed by atoms with Crippen LogP contribution < -0.4 is 10.9 Å². The third-order valence-corrected chi connectivity index (χ3v) is 5.83. The molecule has 0 unspecified atom stereocenters. The quantitative estimate of drug-likeness (QED) is 0.658. The van der Waals surface area contributed by atoms with Crippen molar-refractivity contribution < 1.29 is 4.79 Å². The van der Waals surface area contributed by atoms with Gasteiger partial charge in [-0.25, -0.2) is 0 Å². The molecule has 0 spiro atoms. The van der Waals surface area contributed by atoms with E-state index in [2.05, 4.69) is 10.3 Å². The van der Waals surface area contributed by atoms with Gasteiger partial charge in [0.25, 0.3) is 5.56 Å². The lowest BCUT2D eigenvalue weighted by Gasteiger charge is -2.13. The van der Waals surface area contributed by atoms with Gasteiger partial charge >= 0.3 is 0 Å². The number of carbonyl (C=O) groups is 1. The van der Waals surface area contributed by atoms with Crippen LogP contribution in [-0.4, -0.2) is 15.5 Å². The van der Waals surface area contributed by atoms with E-state index in [1.807, 2.05) is 45.9 Å². The molecular formula is C19H21N3O2S2. The van der Waals surface area contributed by atoms with Gasteiger partial charge in [-0.15, -0.1) is 11.3 Å². The number of nitrogens with one attached hydrogen (secondary N) is 2. The molecule has 0 radical (unpaired) electrons. The predicted molar refractivity (Wildman–Crippen MR) is 110 cm³/mol. The molecule has 0 saturated heterocycles. The van der Waals surface area contributed by atoms with E-state index >= 15 is 0 Å². The van der Waals surface area contributed by atoms with Crippen LogP contribution in [0.2, 0.25) is 0 Å². The molecule has 0 aliphatic carbocycles. The van der Waals surface area contributed by atoms with Gasteiger partial charge in [0.1, 0.15) is 11.4 Å². The van der Waals surface area contributed by atoms with Crippen molar-refractivity contribution in [2.75, 3.05) is 5.32 Å². The second-order valence-electron chi connectivity index (χ2n) is 6.45. The Morgan fingerprint density at radius 1 is 1.23 bits per heavy atom. The van der Waals surface area contributed by atoms with Crippen LogP contribution in [0.1, 0.15) is 28.5 Å². The fourth-order valence-electron chi connectivity index (χ4n) is 3.11. The zero-order chi connectivity index (χ0) is 19.0. The molecule has 0 atom stereocenters. The molecule has 26 heavy (non-hydrogen) atoms. The zero-order valence-electron chi connectivity index (χ0n) is 15.2. The molecule has 136 valence electrons. The van der Waals surface area contributed by atoms with Gasteiger partial charge in [0.2, 0.25) is 5.91 Å². The van der Waals surface area contributed by atoms with Gasteiger partial charge in [-0.05, 0) is 56.6 Å². The molecule has 1 amide bonds. The highest BCUT2D eigenvalue weighted by molar-refractivity contribution is 7.71. The number of hydrogen-bond donors (Lipinski definition) is 2. The maximum absolute atomic E-state index is 12.7. The Kier molecular flexibility index (Phi) is 5.11. The molecular weight excluding hydrogens is 366 g/mol. The third-order valence-electron chi connectivity index (χ3n) is 4.32. The minimum Gasteiger partial charge on any atom is -0.324 e. The lowest BCUT2D eigenvalue weighted by Crippen LogP contribution is -2.29. The summed E-state index contributed by atoms with van der Waals surface area (Å²) in [7, 11) is 0. The van der Waals surface area contributed by atoms with E-state index in [-0.39, 0.29) is 22.8 Å². The molecule has 7 heteroatoms. The predicted octanol–water partition coefficient (Wildman–Crippen LogP) is 4.25. The lowest BCUT2D eigenvalue weighted by molar-refractivity contribution is -0.116. The van der Waals surface area contributed by atoms with E-state index in [9.17, 15) is 9.59 Å². The van der Waals surface area contributed by atoms with Gasteiger partial charge in [0.05, 0.1) is 5.39 Å². The van der Waals surface area contributed by atoms with Crippen molar-refractivity contribution in [3.05, 3.63) is 54.9 Å². The fourth-order valence-corrected chi connectivity index (χ4v) is 4.41. The Balaban J connectivity index is 1.93. The summed E-state index contributed by atoms with van der Waals surface area (Å²) in [6.45, 7) is 7.85. The Hall–Kier alpha value is -2.25. The van der Waals surface area contributed by atoms with E-state index < -0.39 is 0 Å². The minimum absolute atomic E-state index is 0.117. The standard InChI is InChI=1S/C19H21N3O2S2/c1-5-13-8-14-17(26-13)21-19(25)22(18(14)24)9-15(23)20-16-11(3)6-10(2)7-12(16)4/h6-8H,5,9H2,1-4H3,(H,20,23)(H,21,25). The molecule has 2 aromatic heterocycles. The van der Waals surface area contributed by atoms with Crippen LogP contribution in [0.25, 0.3) is 10.2 Å². The Bertz CT molecular complexity index is 1100. The second kappa shape index (κ2) is 7.17. The van der Waals surface area contributed by atoms with E-state index in [1.165, 1.54) is 15.9 Å². The topological polar surface area (TPSA) is 66.9 Å². The van der Waals surface area contributed by atoms with Crippen LogP contribution in [0, 0.1) is 25.5 Å². The zero-order valence-corrected chi connectivity index (χ0v) is 16.9. The molecule has 0 aliphatic rings. The highest BCUT2D eigenvalue weighted by atomic mass is 32.1. The number of aromatic amines is 1. The lowest BCUT2D eigenvalue weighted by atomic mass is 10.1. The first-order valence-electron chi connectivity index (χ1n) is 8.43. The number of carbonyl (C=O) groups excluding carboxylic acids is 1. The van der Waals surface area contributed by atoms with Gasteiger partial charge in [-0.1, -0.05) is 24.6 Å². The summed E-state index contributed by atoms with van der Waals surface area (Å²) in [6.07, 6.45) is 0.853. The first-order chi connectivity index (χ1) is 12.3. The Morgan fingerprint density at radius 3 is 2.50 bits per heavy atom. The van der Waals surface area contributed by atoms with Gasteiger partial charge in [0, 0.05) is 10.6 Å². The number of thiophene rings is 1.